The average Bonchev–Trinajstić information content (AvgIpc) is 3.12. The molecule has 6 nitrogen and oxygen atoms in total. The van der Waals surface area contributed by atoms with E-state index in [1.165, 1.54) is 0 Å². The molecule has 0 bridgehead atoms. The molecular weight excluding hydrogens is 296 g/mol. The molecule has 2 amide bonds. The number of carbonyl (C=O) groups is 3. The molecule has 23 heavy (non-hydrogen) atoms. The van der Waals surface area contributed by atoms with Crippen LogP contribution in [0.3, 0.4) is 0 Å². The van der Waals surface area contributed by atoms with E-state index >= 15 is 0 Å². The minimum absolute atomic E-state index is 0.0225. The van der Waals surface area contributed by atoms with Gasteiger partial charge in [-0.05, 0) is 36.5 Å². The van der Waals surface area contributed by atoms with E-state index in [1.807, 2.05) is 18.2 Å². The number of rotatable bonds is 5. The number of likely N-dealkylation sites (tertiary alicyclic amines) is 1. The van der Waals surface area contributed by atoms with Crippen molar-refractivity contribution >= 4 is 23.5 Å². The van der Waals surface area contributed by atoms with E-state index in [9.17, 15) is 14.4 Å². The van der Waals surface area contributed by atoms with Gasteiger partial charge in [0.2, 0.25) is 11.8 Å². The van der Waals surface area contributed by atoms with E-state index in [2.05, 4.69) is 5.32 Å². The second-order valence-corrected chi connectivity index (χ2v) is 6.23. The number of carbonyl (C=O) groups excluding carboxylic acids is 2. The van der Waals surface area contributed by atoms with Crippen LogP contribution < -0.4 is 5.32 Å². The van der Waals surface area contributed by atoms with Crippen LogP contribution in [0.15, 0.2) is 18.2 Å². The Morgan fingerprint density at radius 3 is 2.91 bits per heavy atom. The van der Waals surface area contributed by atoms with Crippen LogP contribution in [0.5, 0.6) is 0 Å². The summed E-state index contributed by atoms with van der Waals surface area (Å²) in [5.41, 5.74) is 3.02. The van der Waals surface area contributed by atoms with Gasteiger partial charge in [0, 0.05) is 25.2 Å². The highest BCUT2D eigenvalue weighted by Crippen LogP contribution is 2.24. The molecule has 0 aromatic heterocycles. The molecule has 122 valence electrons. The molecule has 0 spiro atoms. The number of carboxylic acid groups (broad SMARTS) is 1. The number of amides is 2. The van der Waals surface area contributed by atoms with E-state index in [1.54, 1.807) is 4.90 Å². The zero-order valence-corrected chi connectivity index (χ0v) is 12.9. The first-order chi connectivity index (χ1) is 11.0. The van der Waals surface area contributed by atoms with Gasteiger partial charge in [0.15, 0.2) is 0 Å². The quantitative estimate of drug-likeness (QED) is 0.860. The van der Waals surface area contributed by atoms with Crippen LogP contribution in [0.4, 0.5) is 5.69 Å². The number of anilines is 1. The molecule has 2 aliphatic rings. The average molecular weight is 316 g/mol. The predicted molar refractivity (Wildman–Crippen MR) is 84.0 cm³/mol. The van der Waals surface area contributed by atoms with Crippen LogP contribution in [0, 0.1) is 5.92 Å². The molecule has 2 heterocycles. The normalized spacial score (nSPS) is 19.6. The van der Waals surface area contributed by atoms with Crippen molar-refractivity contribution in [3.63, 3.8) is 0 Å². The molecule has 1 fully saturated rings. The highest BCUT2D eigenvalue weighted by atomic mass is 16.4. The topological polar surface area (TPSA) is 86.7 Å². The molecule has 2 N–H and O–H groups in total. The summed E-state index contributed by atoms with van der Waals surface area (Å²) in [6, 6.07) is 5.91. The number of fused-ring (bicyclic) bond motifs is 1. The van der Waals surface area contributed by atoms with Gasteiger partial charge in [-0.1, -0.05) is 12.1 Å². The summed E-state index contributed by atoms with van der Waals surface area (Å²) < 4.78 is 0. The monoisotopic (exact) mass is 316 g/mol. The smallest absolute Gasteiger partial charge is 0.308 e. The summed E-state index contributed by atoms with van der Waals surface area (Å²) in [7, 11) is 0. The first-order valence-electron chi connectivity index (χ1n) is 7.95. The third-order valence-corrected chi connectivity index (χ3v) is 4.54. The van der Waals surface area contributed by atoms with Gasteiger partial charge in [-0.15, -0.1) is 0 Å². The van der Waals surface area contributed by atoms with Gasteiger partial charge in [0.1, 0.15) is 0 Å². The minimum atomic E-state index is -0.818. The minimum Gasteiger partial charge on any atom is -0.481 e. The number of carboxylic acids is 1. The summed E-state index contributed by atoms with van der Waals surface area (Å²) in [6.07, 6.45) is 2.91. The highest BCUT2D eigenvalue weighted by molar-refractivity contribution is 5.99. The Morgan fingerprint density at radius 2 is 2.17 bits per heavy atom. The number of aliphatic carboxylic acids is 1. The summed E-state index contributed by atoms with van der Waals surface area (Å²) in [4.78, 5) is 36.0. The van der Waals surface area contributed by atoms with Gasteiger partial charge in [0.05, 0.1) is 12.3 Å². The molecular formula is C17H20N2O4. The molecule has 1 saturated heterocycles. The fourth-order valence-corrected chi connectivity index (χ4v) is 3.23. The van der Waals surface area contributed by atoms with Crippen LogP contribution in [-0.2, 0) is 27.2 Å². The lowest BCUT2D eigenvalue weighted by molar-refractivity contribution is -0.141. The van der Waals surface area contributed by atoms with Gasteiger partial charge in [-0.25, -0.2) is 0 Å². The maximum atomic E-state index is 12.1. The highest BCUT2D eigenvalue weighted by Gasteiger charge is 2.30. The zero-order valence-electron chi connectivity index (χ0n) is 12.9. The van der Waals surface area contributed by atoms with Crippen LogP contribution >= 0.6 is 0 Å². The molecule has 0 unspecified atom stereocenters. The van der Waals surface area contributed by atoms with Gasteiger partial charge in [-0.3, -0.25) is 14.4 Å². The van der Waals surface area contributed by atoms with Crippen LogP contribution in [0.25, 0.3) is 0 Å². The van der Waals surface area contributed by atoms with E-state index in [4.69, 9.17) is 5.11 Å². The summed E-state index contributed by atoms with van der Waals surface area (Å²) in [5, 5.41) is 11.8. The van der Waals surface area contributed by atoms with Crippen molar-refractivity contribution in [3.8, 4) is 0 Å². The number of nitrogens with one attached hydrogen (secondary N) is 1. The number of benzene rings is 1. The van der Waals surface area contributed by atoms with Crippen molar-refractivity contribution < 1.29 is 19.5 Å². The molecule has 1 atom stereocenters. The molecule has 0 aliphatic carbocycles. The van der Waals surface area contributed by atoms with E-state index in [-0.39, 0.29) is 11.8 Å². The molecule has 1 aromatic carbocycles. The van der Waals surface area contributed by atoms with Crippen molar-refractivity contribution in [1.82, 2.24) is 4.90 Å². The van der Waals surface area contributed by atoms with E-state index in [0.717, 1.165) is 29.7 Å². The number of hydrogen-bond acceptors (Lipinski definition) is 3. The van der Waals surface area contributed by atoms with Crippen LogP contribution in [-0.4, -0.2) is 40.9 Å². The van der Waals surface area contributed by atoms with Crippen molar-refractivity contribution in [3.05, 3.63) is 29.3 Å². The molecule has 2 aliphatic heterocycles. The van der Waals surface area contributed by atoms with Gasteiger partial charge < -0.3 is 15.3 Å². The van der Waals surface area contributed by atoms with Gasteiger partial charge in [-0.2, -0.15) is 0 Å². The second-order valence-electron chi connectivity index (χ2n) is 6.23. The lowest BCUT2D eigenvalue weighted by atomic mass is 10.0. The Bertz CT molecular complexity index is 656. The fourth-order valence-electron chi connectivity index (χ4n) is 3.23. The molecule has 1 aromatic rings. The van der Waals surface area contributed by atoms with Crippen molar-refractivity contribution in [2.45, 2.75) is 32.1 Å². The Kier molecular flexibility index (Phi) is 4.32. The van der Waals surface area contributed by atoms with Crippen LogP contribution in [0.1, 0.15) is 30.4 Å². The molecule has 0 radical (unpaired) electrons. The number of aryl methyl sites for hydroxylation is 1. The third kappa shape index (κ3) is 3.52. The second kappa shape index (κ2) is 6.40. The lowest BCUT2D eigenvalue weighted by Crippen LogP contribution is -2.29. The largest absolute Gasteiger partial charge is 0.481 e. The Morgan fingerprint density at radius 1 is 1.35 bits per heavy atom. The maximum absolute atomic E-state index is 12.1. The maximum Gasteiger partial charge on any atom is 0.308 e. The molecule has 3 rings (SSSR count). The van der Waals surface area contributed by atoms with Gasteiger partial charge in [0.25, 0.3) is 0 Å². The Balaban J connectivity index is 1.47. The number of hydrogen-bond donors (Lipinski definition) is 2. The molecule has 0 saturated carbocycles. The Hall–Kier alpha value is -2.37. The van der Waals surface area contributed by atoms with E-state index < -0.39 is 11.9 Å². The fraction of sp³-hybridized carbons (Fsp3) is 0.471. The van der Waals surface area contributed by atoms with Crippen molar-refractivity contribution in [2.24, 2.45) is 5.92 Å². The summed E-state index contributed by atoms with van der Waals surface area (Å²) in [6.45, 7) is 0.878. The van der Waals surface area contributed by atoms with Crippen molar-refractivity contribution in [1.29, 1.82) is 0 Å². The van der Waals surface area contributed by atoms with Crippen LogP contribution in [0.2, 0.25) is 0 Å². The lowest BCUT2D eigenvalue weighted by Gasteiger charge is -2.15. The first kappa shape index (κ1) is 15.5. The number of nitrogens with zero attached hydrogens (tertiary/aromatic N) is 1. The standard InChI is InChI=1S/C17H20N2O4/c20-15-9-13-8-11(4-5-14(13)18-15)2-1-3-16(21)19-7-6-12(10-19)17(22)23/h4-5,8,12H,1-3,6-7,9-10H2,(H,18,20)(H,22,23)/t12-/m0/s1. The van der Waals surface area contributed by atoms with Gasteiger partial charge >= 0.3 is 5.97 Å². The van der Waals surface area contributed by atoms with E-state index in [0.29, 0.717) is 32.4 Å². The zero-order chi connectivity index (χ0) is 16.4. The Labute approximate surface area is 134 Å². The van der Waals surface area contributed by atoms with Crippen molar-refractivity contribution in [2.75, 3.05) is 18.4 Å². The summed E-state index contributed by atoms with van der Waals surface area (Å²) >= 11 is 0. The third-order valence-electron chi connectivity index (χ3n) is 4.54. The summed E-state index contributed by atoms with van der Waals surface area (Å²) in [5.74, 6) is -1.18. The first-order valence-corrected chi connectivity index (χ1v) is 7.95. The SMILES string of the molecule is O=C1Cc2cc(CCCC(=O)N3CC[C@H](C(=O)O)C3)ccc2N1. The predicted octanol–water partition coefficient (Wildman–Crippen LogP) is 1.44. The molecule has 6 heteroatoms.